The lowest BCUT2D eigenvalue weighted by Gasteiger charge is -2.10. The number of carbonyl (C=O) groups excluding carboxylic acids is 1. The van der Waals surface area contributed by atoms with E-state index in [-0.39, 0.29) is 11.9 Å². The van der Waals surface area contributed by atoms with E-state index in [1.165, 1.54) is 31.4 Å². The highest BCUT2D eigenvalue weighted by atomic mass is 16.1. The first-order valence-corrected chi connectivity index (χ1v) is 5.07. The van der Waals surface area contributed by atoms with Crippen molar-refractivity contribution in [2.75, 3.05) is 6.54 Å². The summed E-state index contributed by atoms with van der Waals surface area (Å²) in [6.07, 6.45) is 6.84. The molecule has 5 nitrogen and oxygen atoms in total. The Bertz CT molecular complexity index is 337. The Balaban J connectivity index is 1.82. The van der Waals surface area contributed by atoms with E-state index in [0.717, 1.165) is 0 Å². The molecule has 2 rings (SSSR count). The van der Waals surface area contributed by atoms with Gasteiger partial charge in [0.05, 0.1) is 6.20 Å². The number of nitrogens with one attached hydrogen (secondary N) is 1. The van der Waals surface area contributed by atoms with E-state index in [4.69, 9.17) is 5.73 Å². The van der Waals surface area contributed by atoms with E-state index in [9.17, 15) is 4.79 Å². The molecule has 1 aliphatic carbocycles. The van der Waals surface area contributed by atoms with Crippen molar-refractivity contribution in [3.05, 3.63) is 24.3 Å². The maximum atomic E-state index is 11.5. The molecule has 0 bridgehead atoms. The Labute approximate surface area is 88.1 Å². The van der Waals surface area contributed by atoms with Crippen molar-refractivity contribution in [1.82, 2.24) is 15.3 Å². The largest absolute Gasteiger partial charge is 0.349 e. The molecule has 0 aliphatic heterocycles. The van der Waals surface area contributed by atoms with Gasteiger partial charge in [-0.2, -0.15) is 0 Å². The lowest BCUT2D eigenvalue weighted by Crippen LogP contribution is -2.38. The summed E-state index contributed by atoms with van der Waals surface area (Å²) < 4.78 is 0. The molecule has 1 aliphatic rings. The smallest absolute Gasteiger partial charge is 0.271 e. The highest BCUT2D eigenvalue weighted by Crippen LogP contribution is 2.31. The average molecular weight is 206 g/mol. The van der Waals surface area contributed by atoms with Crippen molar-refractivity contribution in [3.63, 3.8) is 0 Å². The molecule has 1 aromatic rings. The van der Waals surface area contributed by atoms with Crippen molar-refractivity contribution < 1.29 is 4.79 Å². The van der Waals surface area contributed by atoms with Gasteiger partial charge in [-0.3, -0.25) is 9.78 Å². The van der Waals surface area contributed by atoms with Gasteiger partial charge in [0.15, 0.2) is 0 Å². The maximum Gasteiger partial charge on any atom is 0.271 e. The van der Waals surface area contributed by atoms with Crippen LogP contribution in [0.2, 0.25) is 0 Å². The van der Waals surface area contributed by atoms with Crippen LogP contribution in [0, 0.1) is 5.92 Å². The lowest BCUT2D eigenvalue weighted by atomic mass is 10.2. The third-order valence-corrected chi connectivity index (χ3v) is 2.52. The SMILES string of the molecule is NC(CNC(=O)c1cnccn1)C1CC1. The van der Waals surface area contributed by atoms with E-state index in [0.29, 0.717) is 18.2 Å². The zero-order valence-electron chi connectivity index (χ0n) is 8.39. The van der Waals surface area contributed by atoms with Crippen molar-refractivity contribution in [2.24, 2.45) is 11.7 Å². The Morgan fingerprint density at radius 3 is 3.00 bits per heavy atom. The van der Waals surface area contributed by atoms with Crippen LogP contribution in [-0.2, 0) is 0 Å². The summed E-state index contributed by atoms with van der Waals surface area (Å²) in [7, 11) is 0. The average Bonchev–Trinajstić information content (AvgIpc) is 3.10. The molecule has 15 heavy (non-hydrogen) atoms. The molecule has 0 spiro atoms. The minimum Gasteiger partial charge on any atom is -0.349 e. The van der Waals surface area contributed by atoms with Gasteiger partial charge in [0, 0.05) is 25.0 Å². The van der Waals surface area contributed by atoms with Crippen LogP contribution in [-0.4, -0.2) is 28.5 Å². The van der Waals surface area contributed by atoms with Gasteiger partial charge in [-0.05, 0) is 18.8 Å². The van der Waals surface area contributed by atoms with Gasteiger partial charge in [-0.15, -0.1) is 0 Å². The van der Waals surface area contributed by atoms with Crippen LogP contribution in [0.4, 0.5) is 0 Å². The van der Waals surface area contributed by atoms with E-state index >= 15 is 0 Å². The molecule has 1 heterocycles. The van der Waals surface area contributed by atoms with Crippen LogP contribution in [0.15, 0.2) is 18.6 Å². The lowest BCUT2D eigenvalue weighted by molar-refractivity contribution is 0.0945. The van der Waals surface area contributed by atoms with Crippen molar-refractivity contribution in [3.8, 4) is 0 Å². The Morgan fingerprint density at radius 1 is 1.60 bits per heavy atom. The fraction of sp³-hybridized carbons (Fsp3) is 0.500. The van der Waals surface area contributed by atoms with E-state index in [1.807, 2.05) is 0 Å². The minimum absolute atomic E-state index is 0.0746. The van der Waals surface area contributed by atoms with Crippen LogP contribution >= 0.6 is 0 Å². The van der Waals surface area contributed by atoms with Crippen LogP contribution < -0.4 is 11.1 Å². The highest BCUT2D eigenvalue weighted by molar-refractivity contribution is 5.91. The monoisotopic (exact) mass is 206 g/mol. The fourth-order valence-corrected chi connectivity index (χ4v) is 1.41. The minimum atomic E-state index is -0.209. The first-order chi connectivity index (χ1) is 7.27. The summed E-state index contributed by atoms with van der Waals surface area (Å²) in [5.74, 6) is 0.381. The third-order valence-electron chi connectivity index (χ3n) is 2.52. The summed E-state index contributed by atoms with van der Waals surface area (Å²) in [4.78, 5) is 19.3. The molecule has 3 N–H and O–H groups in total. The zero-order chi connectivity index (χ0) is 10.7. The predicted octanol–water partition coefficient (Wildman–Crippen LogP) is -0.0563. The maximum absolute atomic E-state index is 11.5. The second-order valence-corrected chi connectivity index (χ2v) is 3.80. The summed E-state index contributed by atoms with van der Waals surface area (Å²) >= 11 is 0. The predicted molar refractivity (Wildman–Crippen MR) is 55.1 cm³/mol. The number of nitrogens with zero attached hydrogens (tertiary/aromatic N) is 2. The Kier molecular flexibility index (Phi) is 2.91. The number of hydrogen-bond donors (Lipinski definition) is 2. The quantitative estimate of drug-likeness (QED) is 0.723. The topological polar surface area (TPSA) is 80.9 Å². The van der Waals surface area contributed by atoms with Gasteiger partial charge in [0.2, 0.25) is 0 Å². The molecule has 1 atom stereocenters. The molecule has 1 saturated carbocycles. The summed E-state index contributed by atoms with van der Waals surface area (Å²) in [5.41, 5.74) is 6.19. The Hall–Kier alpha value is -1.49. The van der Waals surface area contributed by atoms with Crippen molar-refractivity contribution in [2.45, 2.75) is 18.9 Å². The van der Waals surface area contributed by atoms with Crippen molar-refractivity contribution >= 4 is 5.91 Å². The summed E-state index contributed by atoms with van der Waals surface area (Å²) in [6.45, 7) is 0.514. The normalized spacial score (nSPS) is 17.1. The van der Waals surface area contributed by atoms with Gasteiger partial charge in [-0.1, -0.05) is 0 Å². The van der Waals surface area contributed by atoms with Gasteiger partial charge in [-0.25, -0.2) is 4.98 Å². The standard InChI is InChI=1S/C10H14N4O/c11-8(7-1-2-7)5-14-10(15)9-6-12-3-4-13-9/h3-4,6-8H,1-2,5,11H2,(H,14,15). The van der Waals surface area contributed by atoms with Gasteiger partial charge >= 0.3 is 0 Å². The first-order valence-electron chi connectivity index (χ1n) is 5.07. The van der Waals surface area contributed by atoms with Crippen LogP contribution in [0.25, 0.3) is 0 Å². The number of rotatable bonds is 4. The van der Waals surface area contributed by atoms with Crippen molar-refractivity contribution in [1.29, 1.82) is 0 Å². The van der Waals surface area contributed by atoms with Crippen LogP contribution in [0.3, 0.4) is 0 Å². The van der Waals surface area contributed by atoms with E-state index in [1.54, 1.807) is 0 Å². The Morgan fingerprint density at radius 2 is 2.40 bits per heavy atom. The molecule has 0 radical (unpaired) electrons. The van der Waals surface area contributed by atoms with Crippen LogP contribution in [0.1, 0.15) is 23.3 Å². The molecule has 1 fully saturated rings. The van der Waals surface area contributed by atoms with E-state index < -0.39 is 0 Å². The second kappa shape index (κ2) is 4.35. The van der Waals surface area contributed by atoms with Gasteiger partial charge in [0.1, 0.15) is 5.69 Å². The molecule has 5 heteroatoms. The molecule has 0 aromatic carbocycles. The third kappa shape index (κ3) is 2.73. The number of amides is 1. The first kappa shape index (κ1) is 10.0. The summed E-state index contributed by atoms with van der Waals surface area (Å²) in [6, 6.07) is 0.0746. The highest BCUT2D eigenvalue weighted by Gasteiger charge is 2.28. The number of aromatic nitrogens is 2. The van der Waals surface area contributed by atoms with E-state index in [2.05, 4.69) is 15.3 Å². The molecule has 1 aromatic heterocycles. The molecule has 1 unspecified atom stereocenters. The van der Waals surface area contributed by atoms with Gasteiger partial charge < -0.3 is 11.1 Å². The van der Waals surface area contributed by atoms with Crippen LogP contribution in [0.5, 0.6) is 0 Å². The molecule has 0 saturated heterocycles. The van der Waals surface area contributed by atoms with Gasteiger partial charge in [0.25, 0.3) is 5.91 Å². The molecule has 80 valence electrons. The fourth-order valence-electron chi connectivity index (χ4n) is 1.41. The number of nitrogens with two attached hydrogens (primary N) is 1. The molecule has 1 amide bonds. The summed E-state index contributed by atoms with van der Waals surface area (Å²) in [5, 5.41) is 2.75. The zero-order valence-corrected chi connectivity index (χ0v) is 8.39. The number of hydrogen-bond acceptors (Lipinski definition) is 4. The second-order valence-electron chi connectivity index (χ2n) is 3.80. The number of carbonyl (C=O) groups is 1. The molecular weight excluding hydrogens is 192 g/mol. The molecular formula is C10H14N4O.